The van der Waals surface area contributed by atoms with Crippen molar-refractivity contribution < 1.29 is 17.9 Å². The minimum atomic E-state index is -3.99. The van der Waals surface area contributed by atoms with Crippen molar-refractivity contribution in [2.75, 3.05) is 17.1 Å². The molecule has 0 aliphatic heterocycles. The Hall–Kier alpha value is -3.04. The molecule has 0 bridgehead atoms. The van der Waals surface area contributed by atoms with Crippen molar-refractivity contribution in [1.29, 1.82) is 0 Å². The van der Waals surface area contributed by atoms with Gasteiger partial charge in [-0.2, -0.15) is 0 Å². The van der Waals surface area contributed by atoms with Gasteiger partial charge in [0.25, 0.3) is 10.0 Å². The number of rotatable bonds is 6. The van der Waals surface area contributed by atoms with Crippen molar-refractivity contribution in [2.24, 2.45) is 0 Å². The lowest BCUT2D eigenvalue weighted by Gasteiger charge is -2.07. The number of aromatic nitrogens is 2. The van der Waals surface area contributed by atoms with E-state index < -0.39 is 16.0 Å². The van der Waals surface area contributed by atoms with Crippen molar-refractivity contribution in [3.63, 3.8) is 0 Å². The smallest absolute Gasteiger partial charge is 0.345 e. The van der Waals surface area contributed by atoms with Crippen molar-refractivity contribution in [3.05, 3.63) is 65.2 Å². The molecule has 1 aromatic heterocycles. The predicted octanol–water partition coefficient (Wildman–Crippen LogP) is 3.09. The van der Waals surface area contributed by atoms with Crippen LogP contribution in [0.2, 0.25) is 5.02 Å². The number of nitrogens with one attached hydrogen (secondary N) is 1. The first kappa shape index (κ1) is 19.7. The monoisotopic (exact) mass is 420 g/mol. The maximum absolute atomic E-state index is 12.7. The first-order valence-corrected chi connectivity index (χ1v) is 10.1. The number of esters is 1. The van der Waals surface area contributed by atoms with E-state index in [0.717, 1.165) is 0 Å². The fourth-order valence-corrected chi connectivity index (χ4v) is 3.63. The molecule has 0 unspecified atom stereocenters. The second-order valence-electron chi connectivity index (χ2n) is 5.64. The fraction of sp³-hybridized carbons (Fsp3) is 0.111. The van der Waals surface area contributed by atoms with E-state index in [1.54, 1.807) is 49.4 Å². The van der Waals surface area contributed by atoms with Crippen molar-refractivity contribution in [1.82, 2.24) is 9.78 Å². The summed E-state index contributed by atoms with van der Waals surface area (Å²) < 4.78 is 33.9. The zero-order valence-corrected chi connectivity index (χ0v) is 16.4. The van der Waals surface area contributed by atoms with Crippen LogP contribution in [0.4, 0.5) is 11.6 Å². The van der Waals surface area contributed by atoms with Crippen molar-refractivity contribution >= 4 is 39.2 Å². The Balaban J connectivity index is 2.10. The van der Waals surface area contributed by atoms with Gasteiger partial charge in [-0.25, -0.2) is 17.9 Å². The SMILES string of the molecule is CCOC(=O)c1c(NS(=O)(=O)c2ccccc2)nn(-c2ccc(Cl)cc2)c1N. The Kier molecular flexibility index (Phi) is 5.57. The van der Waals surface area contributed by atoms with E-state index in [-0.39, 0.29) is 28.7 Å². The molecule has 0 aliphatic rings. The molecule has 146 valence electrons. The standard InChI is InChI=1S/C18H17ClN4O4S/c1-2-27-18(24)15-16(20)23(13-10-8-12(19)9-11-13)21-17(15)22-28(25,26)14-6-4-3-5-7-14/h3-11H,2,20H2,1H3,(H,21,22). The van der Waals surface area contributed by atoms with Gasteiger partial charge in [0.15, 0.2) is 5.82 Å². The van der Waals surface area contributed by atoms with E-state index in [1.165, 1.54) is 16.8 Å². The van der Waals surface area contributed by atoms with E-state index in [9.17, 15) is 13.2 Å². The third-order valence-electron chi connectivity index (χ3n) is 3.76. The molecule has 3 rings (SSSR count). The van der Waals surface area contributed by atoms with E-state index in [1.807, 2.05) is 0 Å². The average Bonchev–Trinajstić information content (AvgIpc) is 2.98. The van der Waals surface area contributed by atoms with Gasteiger partial charge in [0.1, 0.15) is 11.4 Å². The molecule has 0 saturated heterocycles. The molecule has 10 heteroatoms. The van der Waals surface area contributed by atoms with Crippen molar-refractivity contribution in [2.45, 2.75) is 11.8 Å². The summed E-state index contributed by atoms with van der Waals surface area (Å²) in [6.45, 7) is 1.72. The van der Waals surface area contributed by atoms with Crippen LogP contribution in [0, 0.1) is 0 Å². The van der Waals surface area contributed by atoms with Crippen LogP contribution in [0.3, 0.4) is 0 Å². The molecule has 0 saturated carbocycles. The molecule has 3 aromatic rings. The number of anilines is 2. The number of nitrogens with zero attached hydrogens (tertiary/aromatic N) is 2. The third kappa shape index (κ3) is 3.95. The molecule has 0 radical (unpaired) electrons. The summed E-state index contributed by atoms with van der Waals surface area (Å²) in [5, 5.41) is 4.69. The van der Waals surface area contributed by atoms with Crippen LogP contribution in [0.1, 0.15) is 17.3 Å². The number of carbonyl (C=O) groups is 1. The normalized spacial score (nSPS) is 11.2. The molecule has 0 amide bonds. The van der Waals surface area contributed by atoms with Crippen LogP contribution in [0.5, 0.6) is 0 Å². The van der Waals surface area contributed by atoms with Gasteiger partial charge in [0, 0.05) is 5.02 Å². The molecule has 1 heterocycles. The first-order valence-electron chi connectivity index (χ1n) is 8.23. The lowest BCUT2D eigenvalue weighted by Crippen LogP contribution is -2.16. The van der Waals surface area contributed by atoms with Gasteiger partial charge in [-0.1, -0.05) is 29.8 Å². The highest BCUT2D eigenvalue weighted by molar-refractivity contribution is 7.92. The summed E-state index contributed by atoms with van der Waals surface area (Å²) in [6, 6.07) is 14.2. The Labute approximate surface area is 166 Å². The molecule has 0 aliphatic carbocycles. The second kappa shape index (κ2) is 7.91. The maximum atomic E-state index is 12.7. The van der Waals surface area contributed by atoms with Gasteiger partial charge < -0.3 is 10.5 Å². The van der Waals surface area contributed by atoms with Gasteiger partial charge in [0.2, 0.25) is 0 Å². The maximum Gasteiger partial charge on any atom is 0.345 e. The van der Waals surface area contributed by atoms with E-state index >= 15 is 0 Å². The number of halogens is 1. The van der Waals surface area contributed by atoms with Crippen LogP contribution in [0.15, 0.2) is 59.5 Å². The number of nitrogens with two attached hydrogens (primary N) is 1. The largest absolute Gasteiger partial charge is 0.462 e. The molecular weight excluding hydrogens is 404 g/mol. The van der Waals surface area contributed by atoms with Gasteiger partial charge in [-0.3, -0.25) is 4.72 Å². The van der Waals surface area contributed by atoms with Crippen LogP contribution in [-0.4, -0.2) is 30.8 Å². The number of carbonyl (C=O) groups excluding carboxylic acids is 1. The predicted molar refractivity (Wildman–Crippen MR) is 106 cm³/mol. The zero-order chi connectivity index (χ0) is 20.3. The number of hydrogen-bond acceptors (Lipinski definition) is 6. The molecule has 0 spiro atoms. The van der Waals surface area contributed by atoms with Gasteiger partial charge in [-0.05, 0) is 43.3 Å². The molecular formula is C18H17ClN4O4S. The van der Waals surface area contributed by atoms with Crippen LogP contribution in [0.25, 0.3) is 5.69 Å². The Morgan fingerprint density at radius 2 is 1.82 bits per heavy atom. The first-order chi connectivity index (χ1) is 13.3. The fourth-order valence-electron chi connectivity index (χ4n) is 2.47. The number of hydrogen-bond donors (Lipinski definition) is 2. The summed E-state index contributed by atoms with van der Waals surface area (Å²) in [6.07, 6.45) is 0. The van der Waals surface area contributed by atoms with Crippen molar-refractivity contribution in [3.8, 4) is 5.69 Å². The quantitative estimate of drug-likeness (QED) is 0.592. The molecule has 28 heavy (non-hydrogen) atoms. The number of sulfonamides is 1. The lowest BCUT2D eigenvalue weighted by molar-refractivity contribution is 0.0529. The summed E-state index contributed by atoms with van der Waals surface area (Å²) in [4.78, 5) is 12.4. The van der Waals surface area contributed by atoms with Gasteiger partial charge in [0.05, 0.1) is 17.2 Å². The lowest BCUT2D eigenvalue weighted by atomic mass is 10.3. The number of benzene rings is 2. The summed E-state index contributed by atoms with van der Waals surface area (Å²) in [7, 11) is -3.99. The topological polar surface area (TPSA) is 116 Å². The minimum Gasteiger partial charge on any atom is -0.462 e. The highest BCUT2D eigenvalue weighted by atomic mass is 35.5. The highest BCUT2D eigenvalue weighted by Crippen LogP contribution is 2.28. The average molecular weight is 421 g/mol. The van der Waals surface area contributed by atoms with E-state index in [4.69, 9.17) is 22.1 Å². The molecule has 8 nitrogen and oxygen atoms in total. The zero-order valence-electron chi connectivity index (χ0n) is 14.8. The van der Waals surface area contributed by atoms with E-state index in [0.29, 0.717) is 10.7 Å². The molecule has 0 fully saturated rings. The summed E-state index contributed by atoms with van der Waals surface area (Å²) in [5.74, 6) is -1.08. The molecule has 3 N–H and O–H groups in total. The van der Waals surface area contributed by atoms with Gasteiger partial charge >= 0.3 is 5.97 Å². The Morgan fingerprint density at radius 3 is 2.43 bits per heavy atom. The van der Waals surface area contributed by atoms with Crippen LogP contribution in [-0.2, 0) is 14.8 Å². The molecule has 0 atom stereocenters. The summed E-state index contributed by atoms with van der Waals surface area (Å²) in [5.41, 5.74) is 6.42. The van der Waals surface area contributed by atoms with Crippen LogP contribution >= 0.6 is 11.6 Å². The third-order valence-corrected chi connectivity index (χ3v) is 5.36. The minimum absolute atomic E-state index is 0.0180. The Morgan fingerprint density at radius 1 is 1.18 bits per heavy atom. The number of nitrogen functional groups attached to an aromatic ring is 1. The second-order valence-corrected chi connectivity index (χ2v) is 7.75. The van der Waals surface area contributed by atoms with E-state index in [2.05, 4.69) is 9.82 Å². The molecule has 2 aromatic carbocycles. The van der Waals surface area contributed by atoms with Crippen LogP contribution < -0.4 is 10.5 Å². The Bertz CT molecular complexity index is 1100. The summed E-state index contributed by atoms with van der Waals surface area (Å²) >= 11 is 5.90. The van der Waals surface area contributed by atoms with Gasteiger partial charge in [-0.15, -0.1) is 5.10 Å². The number of ether oxygens (including phenoxy) is 1. The highest BCUT2D eigenvalue weighted by Gasteiger charge is 2.27.